The lowest BCUT2D eigenvalue weighted by Crippen LogP contribution is -2.68. The quantitative estimate of drug-likeness (QED) is 0.387. The molecule has 0 aromatic heterocycles. The predicted octanol–water partition coefficient (Wildman–Crippen LogP) is 8.04. The number of allylic oxidation sites excluding steroid dienone is 1. The number of carboxylic acids is 1. The van der Waals surface area contributed by atoms with Crippen molar-refractivity contribution in [3.63, 3.8) is 0 Å². The van der Waals surface area contributed by atoms with Crippen LogP contribution in [-0.4, -0.2) is 21.8 Å². The molecule has 5 aliphatic carbocycles. The SMILES string of the molecule is C=CC[C@]1(O)CC[C@]2(C)[C@H]3CC[C@@H]4[C@H]5[C@H](C(=C)C)CC[C@]5(C(=O)O)CC[C@@]4(C)[C@]3(C)CC[C@H]2C1(C)C. The van der Waals surface area contributed by atoms with Crippen LogP contribution in [-0.2, 0) is 4.79 Å². The fourth-order valence-corrected chi connectivity index (χ4v) is 12.1. The van der Waals surface area contributed by atoms with Crippen LogP contribution in [0.4, 0.5) is 0 Å². The van der Waals surface area contributed by atoms with Crippen molar-refractivity contribution in [2.75, 3.05) is 0 Å². The van der Waals surface area contributed by atoms with Gasteiger partial charge in [0, 0.05) is 0 Å². The van der Waals surface area contributed by atoms with Gasteiger partial charge in [0.1, 0.15) is 0 Å². The van der Waals surface area contributed by atoms with Crippen LogP contribution in [0.25, 0.3) is 0 Å². The third kappa shape index (κ3) is 2.99. The number of hydrogen-bond acceptors (Lipinski definition) is 2. The average Bonchev–Trinajstić information content (AvgIpc) is 3.19. The Labute approximate surface area is 220 Å². The van der Waals surface area contributed by atoms with Gasteiger partial charge < -0.3 is 10.2 Å². The Hall–Kier alpha value is -1.09. The molecule has 0 aromatic carbocycles. The molecule has 36 heavy (non-hydrogen) atoms. The van der Waals surface area contributed by atoms with Crippen LogP contribution in [0.5, 0.6) is 0 Å². The Morgan fingerprint density at radius 2 is 1.58 bits per heavy atom. The molecule has 5 saturated carbocycles. The van der Waals surface area contributed by atoms with Crippen molar-refractivity contribution in [3.8, 4) is 0 Å². The molecule has 5 rings (SSSR count). The molecule has 3 nitrogen and oxygen atoms in total. The molecule has 0 amide bonds. The van der Waals surface area contributed by atoms with Gasteiger partial charge in [-0.25, -0.2) is 0 Å². The zero-order valence-electron chi connectivity index (χ0n) is 24.0. The second-order valence-electron chi connectivity index (χ2n) is 15.4. The Kier molecular flexibility index (Phi) is 5.87. The highest BCUT2D eigenvalue weighted by Crippen LogP contribution is 2.78. The lowest BCUT2D eigenvalue weighted by Gasteiger charge is -2.73. The largest absolute Gasteiger partial charge is 0.481 e. The summed E-state index contributed by atoms with van der Waals surface area (Å²) in [6, 6.07) is 0. The number of fused-ring (bicyclic) bond motifs is 7. The molecular weight excluding hydrogens is 444 g/mol. The third-order valence-electron chi connectivity index (χ3n) is 14.4. The number of aliphatic carboxylic acids is 1. The van der Waals surface area contributed by atoms with E-state index in [1.165, 1.54) is 18.4 Å². The Bertz CT molecular complexity index is 966. The first-order chi connectivity index (χ1) is 16.6. The highest BCUT2D eigenvalue weighted by atomic mass is 16.4. The molecule has 2 N–H and O–H groups in total. The summed E-state index contributed by atoms with van der Waals surface area (Å²) >= 11 is 0. The molecule has 3 heteroatoms. The molecule has 0 bridgehead atoms. The molecule has 0 aliphatic heterocycles. The van der Waals surface area contributed by atoms with E-state index < -0.39 is 17.0 Å². The van der Waals surface area contributed by atoms with E-state index in [1.54, 1.807) is 0 Å². The average molecular weight is 497 g/mol. The van der Waals surface area contributed by atoms with Crippen LogP contribution in [0, 0.1) is 56.7 Å². The number of carboxylic acid groups (broad SMARTS) is 1. The van der Waals surface area contributed by atoms with Crippen molar-refractivity contribution in [1.82, 2.24) is 0 Å². The molecule has 10 atom stereocenters. The summed E-state index contributed by atoms with van der Waals surface area (Å²) < 4.78 is 0. The molecular formula is C33H52O3. The topological polar surface area (TPSA) is 57.5 Å². The van der Waals surface area contributed by atoms with Gasteiger partial charge in [0.15, 0.2) is 0 Å². The molecule has 0 radical (unpaired) electrons. The molecule has 5 fully saturated rings. The van der Waals surface area contributed by atoms with Gasteiger partial charge in [-0.3, -0.25) is 4.79 Å². The van der Waals surface area contributed by atoms with E-state index in [1.807, 2.05) is 6.08 Å². The van der Waals surface area contributed by atoms with Gasteiger partial charge in [-0.1, -0.05) is 52.8 Å². The van der Waals surface area contributed by atoms with Crippen LogP contribution < -0.4 is 0 Å². The number of rotatable bonds is 4. The minimum Gasteiger partial charge on any atom is -0.481 e. The molecule has 202 valence electrons. The third-order valence-corrected chi connectivity index (χ3v) is 14.4. The fraction of sp³-hybridized carbons (Fsp3) is 0.848. The smallest absolute Gasteiger partial charge is 0.309 e. The van der Waals surface area contributed by atoms with Gasteiger partial charge in [-0.15, -0.1) is 6.58 Å². The van der Waals surface area contributed by atoms with E-state index in [2.05, 4.69) is 54.7 Å². The summed E-state index contributed by atoms with van der Waals surface area (Å²) in [6.45, 7) is 22.9. The molecule has 0 heterocycles. The number of aliphatic hydroxyl groups is 1. The second kappa shape index (κ2) is 7.96. The maximum absolute atomic E-state index is 12.8. The maximum Gasteiger partial charge on any atom is 0.309 e. The van der Waals surface area contributed by atoms with Gasteiger partial charge in [0.2, 0.25) is 0 Å². The van der Waals surface area contributed by atoms with Gasteiger partial charge in [-0.2, -0.15) is 0 Å². The van der Waals surface area contributed by atoms with Crippen LogP contribution >= 0.6 is 0 Å². The van der Waals surface area contributed by atoms with Crippen LogP contribution in [0.1, 0.15) is 112 Å². The van der Waals surface area contributed by atoms with E-state index in [4.69, 9.17) is 0 Å². The van der Waals surface area contributed by atoms with E-state index in [0.29, 0.717) is 30.1 Å². The monoisotopic (exact) mass is 496 g/mol. The second-order valence-corrected chi connectivity index (χ2v) is 15.4. The predicted molar refractivity (Wildman–Crippen MR) is 146 cm³/mol. The number of hydrogen-bond donors (Lipinski definition) is 2. The van der Waals surface area contributed by atoms with E-state index in [-0.39, 0.29) is 27.6 Å². The normalized spacial score (nSPS) is 53.4. The number of carbonyl (C=O) groups is 1. The van der Waals surface area contributed by atoms with Crippen molar-refractivity contribution < 1.29 is 15.0 Å². The minimum absolute atomic E-state index is 0.144. The summed E-state index contributed by atoms with van der Waals surface area (Å²) in [7, 11) is 0. The van der Waals surface area contributed by atoms with Crippen LogP contribution in [0.3, 0.4) is 0 Å². The van der Waals surface area contributed by atoms with E-state index >= 15 is 0 Å². The first kappa shape index (κ1) is 26.5. The first-order valence-electron chi connectivity index (χ1n) is 14.9. The van der Waals surface area contributed by atoms with Crippen molar-refractivity contribution in [1.29, 1.82) is 0 Å². The van der Waals surface area contributed by atoms with E-state index in [9.17, 15) is 15.0 Å². The standard InChI is InChI=1S/C33H52O3/c1-9-14-33(36)20-17-29(6)24(28(33,4)5)13-15-31(8)25(29)11-10-23-26-22(21(2)3)12-16-32(26,27(34)35)19-18-30(23,31)7/h9,22-26,36H,1-2,10-20H2,3-8H3,(H,34,35)/t22-,23+,24-,25+,26+,29-,30+,31+,32-,33-/m0/s1. The Balaban J connectivity index is 1.55. The molecule has 0 spiro atoms. The van der Waals surface area contributed by atoms with Crippen molar-refractivity contribution >= 4 is 5.97 Å². The van der Waals surface area contributed by atoms with Crippen molar-refractivity contribution in [2.45, 2.75) is 118 Å². The van der Waals surface area contributed by atoms with Crippen molar-refractivity contribution in [2.24, 2.45) is 56.7 Å². The molecule has 0 unspecified atom stereocenters. The zero-order chi connectivity index (χ0) is 26.5. The van der Waals surface area contributed by atoms with Crippen LogP contribution in [0.15, 0.2) is 24.8 Å². The Morgan fingerprint density at radius 3 is 2.19 bits per heavy atom. The summed E-state index contributed by atoms with van der Waals surface area (Å²) in [5, 5.41) is 22.3. The first-order valence-corrected chi connectivity index (χ1v) is 14.9. The summed E-state index contributed by atoms with van der Waals surface area (Å²) in [5.41, 5.74) is 0.413. The lowest BCUT2D eigenvalue weighted by molar-refractivity contribution is -0.264. The molecule has 0 aromatic rings. The summed E-state index contributed by atoms with van der Waals surface area (Å²) in [5.74, 6) is 1.62. The summed E-state index contributed by atoms with van der Waals surface area (Å²) in [6.07, 6.45) is 12.9. The maximum atomic E-state index is 12.8. The van der Waals surface area contributed by atoms with Gasteiger partial charge >= 0.3 is 5.97 Å². The molecule has 0 saturated heterocycles. The van der Waals surface area contributed by atoms with Crippen molar-refractivity contribution in [3.05, 3.63) is 24.8 Å². The van der Waals surface area contributed by atoms with E-state index in [0.717, 1.165) is 51.4 Å². The minimum atomic E-state index is -0.668. The van der Waals surface area contributed by atoms with Gasteiger partial charge in [0.25, 0.3) is 0 Å². The summed E-state index contributed by atoms with van der Waals surface area (Å²) in [4.78, 5) is 12.8. The van der Waals surface area contributed by atoms with Gasteiger partial charge in [-0.05, 0) is 129 Å². The molecule has 5 aliphatic rings. The highest BCUT2D eigenvalue weighted by molar-refractivity contribution is 5.76. The van der Waals surface area contributed by atoms with Crippen LogP contribution in [0.2, 0.25) is 0 Å². The zero-order valence-corrected chi connectivity index (χ0v) is 24.0. The van der Waals surface area contributed by atoms with Gasteiger partial charge in [0.05, 0.1) is 11.0 Å². The Morgan fingerprint density at radius 1 is 0.889 bits per heavy atom. The fourth-order valence-electron chi connectivity index (χ4n) is 12.1. The lowest BCUT2D eigenvalue weighted by atomic mass is 9.31. The highest BCUT2D eigenvalue weighted by Gasteiger charge is 2.72.